The molecule has 3 aromatic rings. The molecule has 0 amide bonds. The second-order valence-electron chi connectivity index (χ2n) is 4.83. The van der Waals surface area contributed by atoms with Crippen LogP contribution in [0.5, 0.6) is 0 Å². The molecule has 1 aliphatic carbocycles. The van der Waals surface area contributed by atoms with Gasteiger partial charge in [0.05, 0.1) is 5.69 Å². The van der Waals surface area contributed by atoms with Gasteiger partial charge in [0.25, 0.3) is 5.56 Å². The Hall–Kier alpha value is -1.87. The highest BCUT2D eigenvalue weighted by Gasteiger charge is 2.21. The summed E-state index contributed by atoms with van der Waals surface area (Å²) in [5, 5.41) is 1.80. The van der Waals surface area contributed by atoms with Gasteiger partial charge in [-0.3, -0.25) is 4.79 Å². The van der Waals surface area contributed by atoms with Crippen molar-refractivity contribution >= 4 is 26.7 Å². The van der Waals surface area contributed by atoms with E-state index in [0.717, 1.165) is 32.9 Å². The Kier molecular flexibility index (Phi) is 2.21. The first-order valence-corrected chi connectivity index (χ1v) is 6.96. The van der Waals surface area contributed by atoms with Crippen molar-refractivity contribution in [3.05, 3.63) is 68.4 Å². The van der Waals surface area contributed by atoms with Crippen LogP contribution in [0.1, 0.15) is 11.1 Å². The number of hydrogen-bond donors (Lipinski definition) is 1. The Morgan fingerprint density at radius 2 is 1.89 bits per heavy atom. The van der Waals surface area contributed by atoms with Crippen molar-refractivity contribution in [3.63, 3.8) is 0 Å². The predicted octanol–water partition coefficient (Wildman–Crippen LogP) is 3.86. The summed E-state index contributed by atoms with van der Waals surface area (Å²) in [7, 11) is 0. The number of hydrogen-bond acceptors (Lipinski definition) is 1. The number of H-pyrrole nitrogens is 1. The first-order chi connectivity index (χ1) is 9.24. The predicted molar refractivity (Wildman–Crippen MR) is 80.5 cm³/mol. The van der Waals surface area contributed by atoms with Gasteiger partial charge in [-0.2, -0.15) is 0 Å². The summed E-state index contributed by atoms with van der Waals surface area (Å²) >= 11 is 3.49. The van der Waals surface area contributed by atoms with E-state index in [9.17, 15) is 4.79 Å². The minimum Gasteiger partial charge on any atom is -0.321 e. The number of halogens is 1. The zero-order valence-corrected chi connectivity index (χ0v) is 11.6. The summed E-state index contributed by atoms with van der Waals surface area (Å²) in [6, 6.07) is 14.1. The van der Waals surface area contributed by atoms with E-state index < -0.39 is 0 Å². The minimum atomic E-state index is -0.0158. The molecule has 3 heteroatoms. The van der Waals surface area contributed by atoms with Crippen molar-refractivity contribution < 1.29 is 0 Å². The fourth-order valence-electron chi connectivity index (χ4n) is 2.88. The number of rotatable bonds is 0. The lowest BCUT2D eigenvalue weighted by molar-refractivity contribution is 1.23. The number of aromatic amines is 1. The lowest BCUT2D eigenvalue weighted by Crippen LogP contribution is -2.08. The molecule has 0 bridgehead atoms. The van der Waals surface area contributed by atoms with Gasteiger partial charge in [0.15, 0.2) is 0 Å². The molecule has 2 aromatic carbocycles. The average Bonchev–Trinajstić information content (AvgIpc) is 2.78. The van der Waals surface area contributed by atoms with Gasteiger partial charge in [-0.05, 0) is 34.7 Å². The monoisotopic (exact) mass is 311 g/mol. The van der Waals surface area contributed by atoms with Crippen LogP contribution in [0, 0.1) is 0 Å². The fourth-order valence-corrected chi connectivity index (χ4v) is 3.24. The van der Waals surface area contributed by atoms with Crippen LogP contribution in [-0.2, 0) is 6.42 Å². The second kappa shape index (κ2) is 3.81. The lowest BCUT2D eigenvalue weighted by atomic mass is 10.0. The molecule has 1 N–H and O–H groups in total. The van der Waals surface area contributed by atoms with E-state index in [0.29, 0.717) is 0 Å². The maximum Gasteiger partial charge on any atom is 0.256 e. The van der Waals surface area contributed by atoms with Crippen LogP contribution in [-0.4, -0.2) is 4.98 Å². The topological polar surface area (TPSA) is 32.9 Å². The van der Waals surface area contributed by atoms with Gasteiger partial charge in [-0.15, -0.1) is 0 Å². The molecule has 0 unspecified atom stereocenters. The van der Waals surface area contributed by atoms with Gasteiger partial charge in [0.1, 0.15) is 0 Å². The molecule has 1 aliphatic rings. The number of aromatic nitrogens is 1. The molecule has 0 spiro atoms. The highest BCUT2D eigenvalue weighted by atomic mass is 79.9. The normalized spacial score (nSPS) is 12.5. The molecule has 92 valence electrons. The SMILES string of the molecule is O=c1[nH]c2c(c3cc(Br)ccc13)Cc1ccccc1-2. The molecule has 0 radical (unpaired) electrons. The smallest absolute Gasteiger partial charge is 0.256 e. The molecule has 2 nitrogen and oxygen atoms in total. The molecule has 1 aromatic heterocycles. The molecule has 19 heavy (non-hydrogen) atoms. The third-order valence-electron chi connectivity index (χ3n) is 3.75. The van der Waals surface area contributed by atoms with E-state index in [4.69, 9.17) is 0 Å². The van der Waals surface area contributed by atoms with Gasteiger partial charge < -0.3 is 4.98 Å². The molecule has 4 rings (SSSR count). The summed E-state index contributed by atoms with van der Waals surface area (Å²) < 4.78 is 1.00. The quantitative estimate of drug-likeness (QED) is 0.525. The maximum atomic E-state index is 12.2. The first kappa shape index (κ1) is 11.0. The highest BCUT2D eigenvalue weighted by molar-refractivity contribution is 9.10. The van der Waals surface area contributed by atoms with Crippen molar-refractivity contribution in [1.82, 2.24) is 4.98 Å². The number of nitrogens with one attached hydrogen (secondary N) is 1. The zero-order chi connectivity index (χ0) is 13.0. The van der Waals surface area contributed by atoms with Crippen molar-refractivity contribution in [2.75, 3.05) is 0 Å². The molecule has 1 heterocycles. The van der Waals surface area contributed by atoms with Crippen LogP contribution in [0.4, 0.5) is 0 Å². The van der Waals surface area contributed by atoms with E-state index >= 15 is 0 Å². The third kappa shape index (κ3) is 1.51. The largest absolute Gasteiger partial charge is 0.321 e. The van der Waals surface area contributed by atoms with Crippen LogP contribution in [0.15, 0.2) is 51.7 Å². The van der Waals surface area contributed by atoms with Crippen LogP contribution in [0.25, 0.3) is 22.0 Å². The van der Waals surface area contributed by atoms with E-state index in [2.05, 4.69) is 33.0 Å². The molecular formula is C16H10BrNO. The van der Waals surface area contributed by atoms with E-state index in [1.54, 1.807) is 0 Å². The van der Waals surface area contributed by atoms with Gasteiger partial charge in [0.2, 0.25) is 0 Å². The molecule has 0 saturated carbocycles. The summed E-state index contributed by atoms with van der Waals surface area (Å²) in [5.74, 6) is 0. The van der Waals surface area contributed by atoms with Crippen LogP contribution in [0.3, 0.4) is 0 Å². The Balaban J connectivity index is 2.17. The van der Waals surface area contributed by atoms with Crippen molar-refractivity contribution in [2.24, 2.45) is 0 Å². The number of fused-ring (bicyclic) bond motifs is 5. The standard InChI is InChI=1S/C16H10BrNO/c17-10-5-6-12-13(8-10)14-7-9-3-1-2-4-11(9)15(14)18-16(12)19/h1-6,8H,7H2,(H,18,19). The molecule has 0 fully saturated rings. The van der Waals surface area contributed by atoms with Crippen molar-refractivity contribution in [1.29, 1.82) is 0 Å². The van der Waals surface area contributed by atoms with Gasteiger partial charge in [-0.1, -0.05) is 40.2 Å². The van der Waals surface area contributed by atoms with Crippen molar-refractivity contribution in [2.45, 2.75) is 6.42 Å². The number of benzene rings is 2. The second-order valence-corrected chi connectivity index (χ2v) is 5.75. The average molecular weight is 312 g/mol. The summed E-state index contributed by atoms with van der Waals surface area (Å²) in [5.41, 5.74) is 4.61. The van der Waals surface area contributed by atoms with Crippen molar-refractivity contribution in [3.8, 4) is 11.3 Å². The molecule has 0 atom stereocenters. The van der Waals surface area contributed by atoms with E-state index in [1.165, 1.54) is 11.1 Å². The van der Waals surface area contributed by atoms with Crippen LogP contribution < -0.4 is 5.56 Å². The highest BCUT2D eigenvalue weighted by Crippen LogP contribution is 2.37. The fraction of sp³-hybridized carbons (Fsp3) is 0.0625. The molecule has 0 saturated heterocycles. The Morgan fingerprint density at radius 3 is 2.79 bits per heavy atom. The van der Waals surface area contributed by atoms with E-state index in [-0.39, 0.29) is 5.56 Å². The minimum absolute atomic E-state index is 0.0158. The van der Waals surface area contributed by atoms with Crippen LogP contribution in [0.2, 0.25) is 0 Å². The zero-order valence-electron chi connectivity index (χ0n) is 10.0. The summed E-state index contributed by atoms with van der Waals surface area (Å²) in [6.45, 7) is 0. The summed E-state index contributed by atoms with van der Waals surface area (Å²) in [4.78, 5) is 15.2. The Bertz CT molecular complexity index is 880. The lowest BCUT2D eigenvalue weighted by Gasteiger charge is -2.05. The van der Waals surface area contributed by atoms with Gasteiger partial charge in [0, 0.05) is 21.8 Å². The molecular weight excluding hydrogens is 302 g/mol. The van der Waals surface area contributed by atoms with Gasteiger partial charge >= 0.3 is 0 Å². The van der Waals surface area contributed by atoms with Crippen LogP contribution >= 0.6 is 15.9 Å². The van der Waals surface area contributed by atoms with Gasteiger partial charge in [-0.25, -0.2) is 0 Å². The summed E-state index contributed by atoms with van der Waals surface area (Å²) in [6.07, 6.45) is 0.884. The van der Waals surface area contributed by atoms with E-state index in [1.807, 2.05) is 30.3 Å². The Morgan fingerprint density at radius 1 is 1.05 bits per heavy atom. The molecule has 0 aliphatic heterocycles. The number of pyridine rings is 1. The Labute approximate surface area is 118 Å². The maximum absolute atomic E-state index is 12.2. The third-order valence-corrected chi connectivity index (χ3v) is 4.24. The first-order valence-electron chi connectivity index (χ1n) is 6.17.